The van der Waals surface area contributed by atoms with Gasteiger partial charge in [0.1, 0.15) is 11.5 Å². The average molecular weight is 551 g/mol. The minimum atomic E-state index is -3.15. The lowest BCUT2D eigenvalue weighted by Gasteiger charge is -2.16. The van der Waals surface area contributed by atoms with Gasteiger partial charge in [-0.3, -0.25) is 9.36 Å². The fourth-order valence-corrected chi connectivity index (χ4v) is 5.66. The fourth-order valence-electron chi connectivity index (χ4n) is 4.00. The summed E-state index contributed by atoms with van der Waals surface area (Å²) >= 11 is 0. The molecule has 0 atom stereocenters. The molecule has 0 unspecified atom stereocenters. The predicted octanol–water partition coefficient (Wildman–Crippen LogP) is 5.40. The van der Waals surface area contributed by atoms with Gasteiger partial charge in [-0.25, -0.2) is 9.67 Å². The Morgan fingerprint density at radius 1 is 0.897 bits per heavy atom. The third kappa shape index (κ3) is 6.72. The first kappa shape index (κ1) is 28.0. The second-order valence-electron chi connectivity index (χ2n) is 8.53. The summed E-state index contributed by atoms with van der Waals surface area (Å²) in [5.74, 6) is 0.438. The maximum atomic E-state index is 12.7. The summed E-state index contributed by atoms with van der Waals surface area (Å²) in [6.07, 6.45) is 0.660. The molecule has 4 aromatic rings. The van der Waals surface area contributed by atoms with Crippen LogP contribution >= 0.6 is 7.60 Å². The first-order valence-electron chi connectivity index (χ1n) is 12.7. The van der Waals surface area contributed by atoms with Crippen molar-refractivity contribution in [2.24, 2.45) is 0 Å². The van der Waals surface area contributed by atoms with Crippen LogP contribution in [0.3, 0.4) is 0 Å². The Morgan fingerprint density at radius 2 is 1.49 bits per heavy atom. The molecule has 1 amide bonds. The zero-order valence-corrected chi connectivity index (χ0v) is 22.7. The van der Waals surface area contributed by atoms with Crippen molar-refractivity contribution in [1.82, 2.24) is 20.1 Å². The van der Waals surface area contributed by atoms with E-state index in [-0.39, 0.29) is 29.4 Å². The van der Waals surface area contributed by atoms with E-state index in [2.05, 4.69) is 15.4 Å². The van der Waals surface area contributed by atoms with E-state index < -0.39 is 7.60 Å². The summed E-state index contributed by atoms with van der Waals surface area (Å²) < 4.78 is 24.7. The molecule has 3 N–H and O–H groups in total. The lowest BCUT2D eigenvalue weighted by atomic mass is 10.1. The molecular formula is C28H31N4O6P. The standard InChI is InChI=1S/C28H31N4O6P/c1-3-37-39(36,38-4-2)19-9-18-29-28(35)20-14-16-21(17-15-20)32-27(23-11-6-8-13-25(23)34)30-26(31-32)22-10-5-7-12-24(22)33/h5-8,10-17,33-34H,3-4,9,18-19H2,1-2H3,(H,29,35). The molecule has 1 heterocycles. The van der Waals surface area contributed by atoms with E-state index >= 15 is 0 Å². The van der Waals surface area contributed by atoms with Gasteiger partial charge in [-0.15, -0.1) is 5.10 Å². The molecule has 0 aliphatic rings. The summed E-state index contributed by atoms with van der Waals surface area (Å²) in [5, 5.41) is 28.2. The van der Waals surface area contributed by atoms with Crippen LogP contribution in [0.25, 0.3) is 28.5 Å². The van der Waals surface area contributed by atoms with Gasteiger partial charge >= 0.3 is 7.60 Å². The molecule has 1 aromatic heterocycles. The van der Waals surface area contributed by atoms with Gasteiger partial charge in [0.25, 0.3) is 5.91 Å². The number of benzene rings is 3. The molecule has 0 radical (unpaired) electrons. The summed E-state index contributed by atoms with van der Waals surface area (Å²) in [7, 11) is -3.15. The Bertz CT molecular complexity index is 1460. The van der Waals surface area contributed by atoms with Crippen molar-refractivity contribution in [2.75, 3.05) is 25.9 Å². The molecule has 11 heteroatoms. The average Bonchev–Trinajstić information content (AvgIpc) is 3.37. The van der Waals surface area contributed by atoms with Crippen molar-refractivity contribution >= 4 is 13.5 Å². The highest BCUT2D eigenvalue weighted by Gasteiger charge is 2.23. The van der Waals surface area contributed by atoms with Crippen LogP contribution in [0.4, 0.5) is 0 Å². The monoisotopic (exact) mass is 550 g/mol. The number of nitrogens with zero attached hydrogens (tertiary/aromatic N) is 3. The Labute approximate surface area is 226 Å². The van der Waals surface area contributed by atoms with E-state index in [9.17, 15) is 19.6 Å². The fraction of sp³-hybridized carbons (Fsp3) is 0.250. The van der Waals surface area contributed by atoms with Crippen LogP contribution in [0.2, 0.25) is 0 Å². The van der Waals surface area contributed by atoms with Gasteiger partial charge in [-0.05, 0) is 68.8 Å². The molecule has 10 nitrogen and oxygen atoms in total. The molecule has 0 saturated carbocycles. The summed E-state index contributed by atoms with van der Waals surface area (Å²) in [4.78, 5) is 17.3. The van der Waals surface area contributed by atoms with Crippen LogP contribution in [0, 0.1) is 0 Å². The van der Waals surface area contributed by atoms with Gasteiger partial charge < -0.3 is 24.6 Å². The second-order valence-corrected chi connectivity index (χ2v) is 10.7. The lowest BCUT2D eigenvalue weighted by molar-refractivity contribution is 0.0953. The van der Waals surface area contributed by atoms with Crippen LogP contribution in [-0.4, -0.2) is 56.8 Å². The Morgan fingerprint density at radius 3 is 2.08 bits per heavy atom. The molecule has 3 aromatic carbocycles. The van der Waals surface area contributed by atoms with Gasteiger partial charge in [0.05, 0.1) is 36.2 Å². The molecule has 0 aliphatic carbocycles. The van der Waals surface area contributed by atoms with Gasteiger partial charge in [0.15, 0.2) is 11.6 Å². The number of carbonyl (C=O) groups excluding carboxylic acids is 1. The summed E-state index contributed by atoms with van der Waals surface area (Å²) in [5.41, 5.74) is 1.95. The highest BCUT2D eigenvalue weighted by Crippen LogP contribution is 2.48. The van der Waals surface area contributed by atoms with Crippen LogP contribution < -0.4 is 5.32 Å². The third-order valence-electron chi connectivity index (χ3n) is 5.82. The quantitative estimate of drug-likeness (QED) is 0.158. The molecule has 204 valence electrons. The SMILES string of the molecule is CCOP(=O)(CCCNC(=O)c1ccc(-n2nc(-c3ccccc3O)nc2-c2ccccc2O)cc1)OCC. The maximum absolute atomic E-state index is 12.7. The van der Waals surface area contributed by atoms with E-state index in [0.717, 1.165) is 0 Å². The molecule has 0 saturated heterocycles. The number of rotatable bonds is 12. The Hall–Kier alpha value is -3.98. The number of phenolic OH excluding ortho intramolecular Hbond substituents is 2. The first-order valence-corrected chi connectivity index (χ1v) is 14.4. The number of amides is 1. The van der Waals surface area contributed by atoms with Crippen LogP contribution in [-0.2, 0) is 13.6 Å². The molecule has 4 rings (SSSR count). The van der Waals surface area contributed by atoms with Crippen LogP contribution in [0.15, 0.2) is 72.8 Å². The van der Waals surface area contributed by atoms with E-state index in [1.807, 2.05) is 0 Å². The topological polar surface area (TPSA) is 136 Å². The zero-order valence-electron chi connectivity index (χ0n) is 21.8. The van der Waals surface area contributed by atoms with Crippen molar-refractivity contribution in [3.8, 4) is 40.0 Å². The highest BCUT2D eigenvalue weighted by atomic mass is 31.2. The first-order chi connectivity index (χ1) is 18.8. The summed E-state index contributed by atoms with van der Waals surface area (Å²) in [6, 6.07) is 20.3. The Balaban J connectivity index is 1.53. The van der Waals surface area contributed by atoms with Gasteiger partial charge in [0.2, 0.25) is 0 Å². The van der Waals surface area contributed by atoms with Crippen molar-refractivity contribution in [2.45, 2.75) is 20.3 Å². The van der Waals surface area contributed by atoms with Gasteiger partial charge in [-0.1, -0.05) is 24.3 Å². The molecule has 0 aliphatic heterocycles. The number of hydrogen-bond acceptors (Lipinski definition) is 8. The van der Waals surface area contributed by atoms with Crippen molar-refractivity contribution in [3.05, 3.63) is 78.4 Å². The highest BCUT2D eigenvalue weighted by molar-refractivity contribution is 7.53. The van der Waals surface area contributed by atoms with Crippen molar-refractivity contribution in [3.63, 3.8) is 0 Å². The minimum absolute atomic E-state index is 0.0317. The van der Waals surface area contributed by atoms with Crippen molar-refractivity contribution in [1.29, 1.82) is 0 Å². The maximum Gasteiger partial charge on any atom is 0.330 e. The summed E-state index contributed by atoms with van der Waals surface area (Å²) in [6.45, 7) is 4.42. The number of carbonyl (C=O) groups is 1. The second kappa shape index (κ2) is 12.7. The number of aromatic nitrogens is 3. The van der Waals surface area contributed by atoms with Crippen LogP contribution in [0.5, 0.6) is 11.5 Å². The zero-order chi connectivity index (χ0) is 27.8. The third-order valence-corrected chi connectivity index (χ3v) is 7.98. The molecule has 0 spiro atoms. The number of hydrogen-bond donors (Lipinski definition) is 3. The van der Waals surface area contributed by atoms with E-state index in [1.54, 1.807) is 91.3 Å². The molecular weight excluding hydrogens is 519 g/mol. The number of phenols is 2. The lowest BCUT2D eigenvalue weighted by Crippen LogP contribution is -2.25. The van der Waals surface area contributed by atoms with Crippen molar-refractivity contribution < 1.29 is 28.6 Å². The van der Waals surface area contributed by atoms with Gasteiger partial charge in [-0.2, -0.15) is 0 Å². The largest absolute Gasteiger partial charge is 0.507 e. The van der Waals surface area contributed by atoms with E-state index in [4.69, 9.17) is 9.05 Å². The van der Waals surface area contributed by atoms with E-state index in [0.29, 0.717) is 54.4 Å². The van der Waals surface area contributed by atoms with Gasteiger partial charge in [0, 0.05) is 12.1 Å². The predicted molar refractivity (Wildman–Crippen MR) is 148 cm³/mol. The number of aromatic hydroxyl groups is 2. The minimum Gasteiger partial charge on any atom is -0.507 e. The molecule has 39 heavy (non-hydrogen) atoms. The number of para-hydroxylation sites is 2. The number of nitrogens with one attached hydrogen (secondary N) is 1. The van der Waals surface area contributed by atoms with Crippen LogP contribution in [0.1, 0.15) is 30.6 Å². The molecule has 0 bridgehead atoms. The normalized spacial score (nSPS) is 11.4. The smallest absolute Gasteiger partial charge is 0.330 e. The Kier molecular flexibility index (Phi) is 9.14. The van der Waals surface area contributed by atoms with E-state index in [1.165, 1.54) is 0 Å². The molecule has 0 fully saturated rings.